The summed E-state index contributed by atoms with van der Waals surface area (Å²) in [6.45, 7) is 4.67. The Bertz CT molecular complexity index is 88.9. The predicted molar refractivity (Wildman–Crippen MR) is 45.2 cm³/mol. The SMILES string of the molecule is CC1CCCCC(C)N1C. The first kappa shape index (κ1) is 8.06. The van der Waals surface area contributed by atoms with Gasteiger partial charge in [0.2, 0.25) is 0 Å². The van der Waals surface area contributed by atoms with Gasteiger partial charge in [0.25, 0.3) is 0 Å². The van der Waals surface area contributed by atoms with E-state index in [-0.39, 0.29) is 0 Å². The van der Waals surface area contributed by atoms with Gasteiger partial charge in [0.05, 0.1) is 0 Å². The van der Waals surface area contributed by atoms with Crippen molar-refractivity contribution < 1.29 is 0 Å². The summed E-state index contributed by atoms with van der Waals surface area (Å²) in [6, 6.07) is 1.61. The minimum absolute atomic E-state index is 0.803. The monoisotopic (exact) mass is 141 g/mol. The normalized spacial score (nSPS) is 37.5. The molecule has 0 amide bonds. The van der Waals surface area contributed by atoms with Crippen LogP contribution in [0, 0.1) is 0 Å². The number of nitrogens with zero attached hydrogens (tertiary/aromatic N) is 1. The van der Waals surface area contributed by atoms with Crippen LogP contribution in [-0.4, -0.2) is 24.0 Å². The van der Waals surface area contributed by atoms with Crippen molar-refractivity contribution in [1.29, 1.82) is 0 Å². The zero-order chi connectivity index (χ0) is 7.56. The van der Waals surface area contributed by atoms with Crippen molar-refractivity contribution >= 4 is 0 Å². The van der Waals surface area contributed by atoms with Gasteiger partial charge in [-0.3, -0.25) is 0 Å². The van der Waals surface area contributed by atoms with Crippen molar-refractivity contribution in [2.24, 2.45) is 0 Å². The molecule has 0 aromatic rings. The molecule has 0 spiro atoms. The smallest absolute Gasteiger partial charge is 0.00666 e. The van der Waals surface area contributed by atoms with Crippen LogP contribution in [0.4, 0.5) is 0 Å². The Hall–Kier alpha value is -0.0400. The lowest BCUT2D eigenvalue weighted by Gasteiger charge is -2.27. The second-order valence-electron chi connectivity index (χ2n) is 3.65. The largest absolute Gasteiger partial charge is 0.301 e. The highest BCUT2D eigenvalue weighted by Crippen LogP contribution is 2.19. The average Bonchev–Trinajstić information content (AvgIpc) is 2.04. The summed E-state index contributed by atoms with van der Waals surface area (Å²) in [6.07, 6.45) is 5.63. The first-order valence-electron chi connectivity index (χ1n) is 4.43. The molecule has 1 saturated heterocycles. The van der Waals surface area contributed by atoms with Crippen LogP contribution >= 0.6 is 0 Å². The van der Waals surface area contributed by atoms with Crippen LogP contribution in [0.1, 0.15) is 39.5 Å². The third-order valence-electron chi connectivity index (χ3n) is 2.88. The zero-order valence-corrected chi connectivity index (χ0v) is 7.43. The number of hydrogen-bond donors (Lipinski definition) is 0. The summed E-state index contributed by atoms with van der Waals surface area (Å²) < 4.78 is 0. The van der Waals surface area contributed by atoms with Gasteiger partial charge in [0.15, 0.2) is 0 Å². The Morgan fingerprint density at radius 1 is 1.00 bits per heavy atom. The van der Waals surface area contributed by atoms with Gasteiger partial charge in [-0.1, -0.05) is 12.8 Å². The molecule has 1 heteroatoms. The van der Waals surface area contributed by atoms with Gasteiger partial charge in [0, 0.05) is 12.1 Å². The van der Waals surface area contributed by atoms with Crippen LogP contribution < -0.4 is 0 Å². The van der Waals surface area contributed by atoms with Crippen molar-refractivity contribution in [3.63, 3.8) is 0 Å². The highest BCUT2D eigenvalue weighted by atomic mass is 15.1. The van der Waals surface area contributed by atoms with E-state index in [1.807, 2.05) is 0 Å². The quantitative estimate of drug-likeness (QED) is 0.500. The minimum Gasteiger partial charge on any atom is -0.301 e. The van der Waals surface area contributed by atoms with Gasteiger partial charge in [0.1, 0.15) is 0 Å². The average molecular weight is 141 g/mol. The van der Waals surface area contributed by atoms with Crippen molar-refractivity contribution in [1.82, 2.24) is 4.90 Å². The standard InChI is InChI=1S/C9H19N/c1-8-6-4-5-7-9(2)10(8)3/h8-9H,4-7H2,1-3H3. The molecule has 60 valence electrons. The van der Waals surface area contributed by atoms with E-state index in [0.29, 0.717) is 0 Å². The summed E-state index contributed by atoms with van der Waals surface area (Å²) in [5.41, 5.74) is 0. The lowest BCUT2D eigenvalue weighted by Crippen LogP contribution is -2.34. The topological polar surface area (TPSA) is 3.24 Å². The maximum absolute atomic E-state index is 2.51. The van der Waals surface area contributed by atoms with Gasteiger partial charge in [-0.05, 0) is 33.7 Å². The van der Waals surface area contributed by atoms with E-state index in [0.717, 1.165) is 12.1 Å². The fraction of sp³-hybridized carbons (Fsp3) is 1.00. The molecule has 0 saturated carbocycles. The zero-order valence-electron chi connectivity index (χ0n) is 7.43. The molecule has 2 unspecified atom stereocenters. The fourth-order valence-electron chi connectivity index (χ4n) is 1.72. The van der Waals surface area contributed by atoms with E-state index in [9.17, 15) is 0 Å². The minimum atomic E-state index is 0.803. The lowest BCUT2D eigenvalue weighted by molar-refractivity contribution is 0.199. The van der Waals surface area contributed by atoms with Crippen LogP contribution in [-0.2, 0) is 0 Å². The van der Waals surface area contributed by atoms with Gasteiger partial charge >= 0.3 is 0 Å². The molecule has 1 nitrogen and oxygen atoms in total. The van der Waals surface area contributed by atoms with Crippen molar-refractivity contribution in [2.45, 2.75) is 51.6 Å². The highest BCUT2D eigenvalue weighted by molar-refractivity contribution is 4.73. The molecule has 1 aliphatic heterocycles. The number of rotatable bonds is 0. The predicted octanol–water partition coefficient (Wildman–Crippen LogP) is 2.27. The van der Waals surface area contributed by atoms with E-state index in [1.165, 1.54) is 25.7 Å². The Morgan fingerprint density at radius 2 is 1.40 bits per heavy atom. The van der Waals surface area contributed by atoms with Crippen LogP contribution in [0.3, 0.4) is 0 Å². The highest BCUT2D eigenvalue weighted by Gasteiger charge is 2.18. The van der Waals surface area contributed by atoms with Crippen molar-refractivity contribution in [3.8, 4) is 0 Å². The van der Waals surface area contributed by atoms with Gasteiger partial charge in [-0.2, -0.15) is 0 Å². The van der Waals surface area contributed by atoms with E-state index < -0.39 is 0 Å². The molecule has 0 N–H and O–H groups in total. The summed E-state index contributed by atoms with van der Waals surface area (Å²) >= 11 is 0. The fourth-order valence-corrected chi connectivity index (χ4v) is 1.72. The van der Waals surface area contributed by atoms with Crippen LogP contribution in [0.2, 0.25) is 0 Å². The summed E-state index contributed by atoms with van der Waals surface area (Å²) in [5, 5.41) is 0. The summed E-state index contributed by atoms with van der Waals surface area (Å²) in [4.78, 5) is 2.51. The molecular formula is C9H19N. The Kier molecular flexibility index (Phi) is 2.72. The van der Waals surface area contributed by atoms with Crippen molar-refractivity contribution in [2.75, 3.05) is 7.05 Å². The second kappa shape index (κ2) is 3.38. The Morgan fingerprint density at radius 3 is 1.80 bits per heavy atom. The van der Waals surface area contributed by atoms with E-state index in [2.05, 4.69) is 25.8 Å². The molecule has 1 heterocycles. The molecule has 0 bridgehead atoms. The second-order valence-corrected chi connectivity index (χ2v) is 3.65. The first-order chi connectivity index (χ1) is 4.72. The van der Waals surface area contributed by atoms with E-state index in [1.54, 1.807) is 0 Å². The van der Waals surface area contributed by atoms with Crippen LogP contribution in [0.15, 0.2) is 0 Å². The Labute approximate surface area is 64.4 Å². The first-order valence-corrected chi connectivity index (χ1v) is 4.43. The number of likely N-dealkylation sites (tertiary alicyclic amines) is 1. The molecule has 0 radical (unpaired) electrons. The van der Waals surface area contributed by atoms with Crippen LogP contribution in [0.25, 0.3) is 0 Å². The third-order valence-corrected chi connectivity index (χ3v) is 2.88. The summed E-state index contributed by atoms with van der Waals surface area (Å²) in [5.74, 6) is 0. The number of hydrogen-bond acceptors (Lipinski definition) is 1. The third kappa shape index (κ3) is 1.72. The molecule has 1 rings (SSSR count). The van der Waals surface area contributed by atoms with E-state index in [4.69, 9.17) is 0 Å². The van der Waals surface area contributed by atoms with Crippen molar-refractivity contribution in [3.05, 3.63) is 0 Å². The van der Waals surface area contributed by atoms with Gasteiger partial charge in [-0.15, -0.1) is 0 Å². The van der Waals surface area contributed by atoms with Gasteiger partial charge in [-0.25, -0.2) is 0 Å². The Balaban J connectivity index is 2.46. The molecule has 0 aliphatic carbocycles. The molecular weight excluding hydrogens is 122 g/mol. The van der Waals surface area contributed by atoms with E-state index >= 15 is 0 Å². The lowest BCUT2D eigenvalue weighted by atomic mass is 10.1. The van der Waals surface area contributed by atoms with Gasteiger partial charge < -0.3 is 4.90 Å². The molecule has 0 aromatic heterocycles. The van der Waals surface area contributed by atoms with Crippen LogP contribution in [0.5, 0.6) is 0 Å². The summed E-state index contributed by atoms with van der Waals surface area (Å²) in [7, 11) is 2.25. The molecule has 1 aliphatic rings. The maximum Gasteiger partial charge on any atom is 0.00666 e. The maximum atomic E-state index is 2.51. The molecule has 2 atom stereocenters. The molecule has 10 heavy (non-hydrogen) atoms. The molecule has 0 aromatic carbocycles. The molecule has 1 fully saturated rings.